The van der Waals surface area contributed by atoms with Crippen molar-refractivity contribution >= 4 is 34.2 Å². The Bertz CT molecular complexity index is 1410. The molecule has 0 spiro atoms. The van der Waals surface area contributed by atoms with Crippen LogP contribution in [-0.4, -0.2) is 26.0 Å². The Balaban J connectivity index is 1.56. The van der Waals surface area contributed by atoms with Crippen LogP contribution in [0.4, 0.5) is 11.4 Å². The molecule has 4 rings (SSSR count). The molecule has 0 radical (unpaired) electrons. The average Bonchev–Trinajstić information content (AvgIpc) is 3.25. The smallest absolute Gasteiger partial charge is 0.255 e. The molecule has 7 nitrogen and oxygen atoms in total. The number of ether oxygens (including phenoxy) is 2. The molecule has 7 heteroatoms. The zero-order chi connectivity index (χ0) is 25.8. The van der Waals surface area contributed by atoms with Crippen molar-refractivity contribution in [3.05, 3.63) is 83.1 Å². The molecule has 0 saturated heterocycles. The lowest BCUT2D eigenvalue weighted by atomic mass is 9.95. The maximum absolute atomic E-state index is 13.0. The van der Waals surface area contributed by atoms with Crippen molar-refractivity contribution < 1.29 is 23.5 Å². The summed E-state index contributed by atoms with van der Waals surface area (Å²) in [6.45, 7) is 6.35. The number of furan rings is 1. The molecule has 186 valence electrons. The number of fused-ring (bicyclic) bond motifs is 1. The van der Waals surface area contributed by atoms with Gasteiger partial charge in [0.2, 0.25) is 5.91 Å². The van der Waals surface area contributed by atoms with Crippen LogP contribution in [0.15, 0.2) is 65.3 Å². The van der Waals surface area contributed by atoms with E-state index in [9.17, 15) is 9.59 Å². The summed E-state index contributed by atoms with van der Waals surface area (Å²) in [6.07, 6.45) is 1.76. The highest BCUT2D eigenvalue weighted by atomic mass is 16.5. The molecule has 0 aliphatic heterocycles. The first-order chi connectivity index (χ1) is 17.3. The fraction of sp³-hybridized carbons (Fsp3) is 0.241. The normalized spacial score (nSPS) is 10.9. The minimum absolute atomic E-state index is 0.131. The maximum Gasteiger partial charge on any atom is 0.255 e. The number of methoxy groups -OCH3 is 2. The predicted octanol–water partition coefficient (Wildman–Crippen LogP) is 6.32. The maximum atomic E-state index is 13.0. The third-order valence-electron chi connectivity index (χ3n) is 6.10. The number of nitrogens with one attached hydrogen (secondary N) is 2. The van der Waals surface area contributed by atoms with Crippen LogP contribution in [0.1, 0.15) is 46.8 Å². The van der Waals surface area contributed by atoms with Crippen LogP contribution in [0.2, 0.25) is 0 Å². The number of aryl methyl sites for hydroxylation is 1. The van der Waals surface area contributed by atoms with Gasteiger partial charge < -0.3 is 24.5 Å². The van der Waals surface area contributed by atoms with Gasteiger partial charge in [-0.25, -0.2) is 0 Å². The summed E-state index contributed by atoms with van der Waals surface area (Å²) < 4.78 is 16.7. The van der Waals surface area contributed by atoms with Gasteiger partial charge >= 0.3 is 0 Å². The van der Waals surface area contributed by atoms with E-state index in [-0.39, 0.29) is 18.2 Å². The van der Waals surface area contributed by atoms with Crippen molar-refractivity contribution in [1.29, 1.82) is 0 Å². The van der Waals surface area contributed by atoms with Gasteiger partial charge in [0, 0.05) is 28.6 Å². The lowest BCUT2D eigenvalue weighted by Gasteiger charge is -2.16. The number of carbonyl (C=O) groups is 2. The molecule has 0 bridgehead atoms. The second kappa shape index (κ2) is 10.6. The highest BCUT2D eigenvalue weighted by Crippen LogP contribution is 2.37. The van der Waals surface area contributed by atoms with E-state index in [2.05, 4.69) is 37.5 Å². The van der Waals surface area contributed by atoms with Crippen LogP contribution in [0.3, 0.4) is 0 Å². The van der Waals surface area contributed by atoms with Crippen molar-refractivity contribution in [2.24, 2.45) is 0 Å². The average molecular weight is 487 g/mol. The van der Waals surface area contributed by atoms with Gasteiger partial charge in [0.25, 0.3) is 5.91 Å². The molecular formula is C29H30N2O5. The summed E-state index contributed by atoms with van der Waals surface area (Å²) >= 11 is 0. The largest absolute Gasteiger partial charge is 0.494 e. The van der Waals surface area contributed by atoms with Gasteiger partial charge in [0.15, 0.2) is 0 Å². The first-order valence-electron chi connectivity index (χ1n) is 11.7. The number of anilines is 2. The van der Waals surface area contributed by atoms with E-state index in [4.69, 9.17) is 13.9 Å². The SMILES string of the molecule is COc1cc(NC(=O)c2ccccc2)c(OC)cc1NC(=O)Cc1coc2cc(C)c(C(C)C)cc12. The van der Waals surface area contributed by atoms with Crippen molar-refractivity contribution in [2.75, 3.05) is 24.9 Å². The second-order valence-corrected chi connectivity index (χ2v) is 8.92. The summed E-state index contributed by atoms with van der Waals surface area (Å²) in [4.78, 5) is 25.6. The van der Waals surface area contributed by atoms with Crippen molar-refractivity contribution in [2.45, 2.75) is 33.1 Å². The van der Waals surface area contributed by atoms with E-state index in [1.807, 2.05) is 12.1 Å². The Morgan fingerprint density at radius 1 is 0.917 bits per heavy atom. The molecule has 36 heavy (non-hydrogen) atoms. The monoisotopic (exact) mass is 486 g/mol. The molecular weight excluding hydrogens is 456 g/mol. The standard InChI is InChI=1S/C29H30N2O5/c1-17(2)21-13-22-20(16-36-25(22)11-18(21)3)12-28(32)30-23-14-27(35-5)24(15-26(23)34-4)31-29(33)19-9-7-6-8-10-19/h6-11,13-17H,12H2,1-5H3,(H,30,32)(H,31,33). The number of carbonyl (C=O) groups excluding carboxylic acids is 2. The summed E-state index contributed by atoms with van der Waals surface area (Å²) in [6, 6.07) is 16.2. The number of rotatable bonds is 8. The zero-order valence-electron chi connectivity index (χ0n) is 21.1. The Labute approximate surface area is 210 Å². The van der Waals surface area contributed by atoms with Crippen LogP contribution >= 0.6 is 0 Å². The van der Waals surface area contributed by atoms with Crippen LogP contribution in [0.25, 0.3) is 11.0 Å². The Morgan fingerprint density at radius 2 is 1.56 bits per heavy atom. The van der Waals surface area contributed by atoms with Crippen LogP contribution in [0, 0.1) is 6.92 Å². The molecule has 2 N–H and O–H groups in total. The Kier molecular flexibility index (Phi) is 7.29. The first-order valence-corrected chi connectivity index (χ1v) is 11.7. The molecule has 0 saturated carbocycles. The molecule has 0 unspecified atom stereocenters. The Hall–Kier alpha value is -4.26. The first kappa shape index (κ1) is 24.9. The topological polar surface area (TPSA) is 89.8 Å². The van der Waals surface area contributed by atoms with E-state index in [0.29, 0.717) is 34.4 Å². The van der Waals surface area contributed by atoms with E-state index < -0.39 is 0 Å². The third kappa shape index (κ3) is 5.20. The molecule has 0 aliphatic rings. The summed E-state index contributed by atoms with van der Waals surface area (Å²) in [5.74, 6) is 0.633. The molecule has 0 aliphatic carbocycles. The van der Waals surface area contributed by atoms with Crippen LogP contribution in [0.5, 0.6) is 11.5 Å². The molecule has 0 atom stereocenters. The van der Waals surface area contributed by atoms with Crippen molar-refractivity contribution in [3.63, 3.8) is 0 Å². The second-order valence-electron chi connectivity index (χ2n) is 8.92. The summed E-state index contributed by atoms with van der Waals surface area (Å²) in [7, 11) is 3.00. The van der Waals surface area contributed by atoms with Crippen LogP contribution < -0.4 is 20.1 Å². The number of amides is 2. The zero-order valence-corrected chi connectivity index (χ0v) is 21.1. The molecule has 1 aromatic heterocycles. The molecule has 2 amide bonds. The van der Waals surface area contributed by atoms with Crippen molar-refractivity contribution in [1.82, 2.24) is 0 Å². The number of hydrogen-bond acceptors (Lipinski definition) is 5. The third-order valence-corrected chi connectivity index (χ3v) is 6.10. The van der Waals surface area contributed by atoms with Gasteiger partial charge in [-0.05, 0) is 48.2 Å². The molecule has 1 heterocycles. The van der Waals surface area contributed by atoms with E-state index >= 15 is 0 Å². The van der Waals surface area contributed by atoms with Crippen molar-refractivity contribution in [3.8, 4) is 11.5 Å². The summed E-state index contributed by atoms with van der Waals surface area (Å²) in [5, 5.41) is 6.67. The van der Waals surface area contributed by atoms with E-state index in [0.717, 1.165) is 16.5 Å². The quantitative estimate of drug-likeness (QED) is 0.304. The van der Waals surface area contributed by atoms with Gasteiger partial charge in [-0.1, -0.05) is 32.0 Å². The van der Waals surface area contributed by atoms with Gasteiger partial charge in [-0.15, -0.1) is 0 Å². The minimum atomic E-state index is -0.282. The van der Waals surface area contributed by atoms with Crippen LogP contribution in [-0.2, 0) is 11.2 Å². The highest BCUT2D eigenvalue weighted by molar-refractivity contribution is 6.05. The lowest BCUT2D eigenvalue weighted by molar-refractivity contribution is -0.115. The van der Waals surface area contributed by atoms with Gasteiger partial charge in [0.05, 0.1) is 38.3 Å². The Morgan fingerprint density at radius 3 is 2.17 bits per heavy atom. The number of hydrogen-bond donors (Lipinski definition) is 2. The molecule has 3 aromatic carbocycles. The summed E-state index contributed by atoms with van der Waals surface area (Å²) in [5.41, 5.74) is 5.34. The predicted molar refractivity (Wildman–Crippen MR) is 141 cm³/mol. The van der Waals surface area contributed by atoms with Gasteiger partial charge in [-0.2, -0.15) is 0 Å². The van der Waals surface area contributed by atoms with Gasteiger partial charge in [0.1, 0.15) is 17.1 Å². The molecule has 0 fully saturated rings. The van der Waals surface area contributed by atoms with E-state index in [1.165, 1.54) is 25.3 Å². The fourth-order valence-electron chi connectivity index (χ4n) is 4.25. The number of benzene rings is 3. The fourth-order valence-corrected chi connectivity index (χ4v) is 4.25. The molecule has 4 aromatic rings. The minimum Gasteiger partial charge on any atom is -0.494 e. The lowest BCUT2D eigenvalue weighted by Crippen LogP contribution is -2.16. The highest BCUT2D eigenvalue weighted by Gasteiger charge is 2.18. The van der Waals surface area contributed by atoms with Gasteiger partial charge in [-0.3, -0.25) is 9.59 Å². The van der Waals surface area contributed by atoms with E-state index in [1.54, 1.807) is 42.7 Å².